The summed E-state index contributed by atoms with van der Waals surface area (Å²) in [7, 11) is 0. The van der Waals surface area contributed by atoms with Crippen LogP contribution < -0.4 is 10.2 Å². The minimum Gasteiger partial charge on any atom is -0.372 e. The molecule has 0 fully saturated rings. The second kappa shape index (κ2) is 8.78. The number of hydrogen-bond acceptors (Lipinski definition) is 4. The van der Waals surface area contributed by atoms with Crippen molar-refractivity contribution < 1.29 is 4.79 Å². The van der Waals surface area contributed by atoms with Crippen LogP contribution in [0.4, 0.5) is 10.8 Å². The highest BCUT2D eigenvalue weighted by Gasteiger charge is 2.13. The van der Waals surface area contributed by atoms with Crippen LogP contribution in [0.1, 0.15) is 48.2 Å². The predicted molar refractivity (Wildman–Crippen MR) is 122 cm³/mol. The molecule has 0 aliphatic heterocycles. The number of carbonyl (C=O) groups excluding carboxylic acids is 1. The van der Waals surface area contributed by atoms with Crippen molar-refractivity contribution >= 4 is 28.1 Å². The first-order valence-electron chi connectivity index (χ1n) is 10.4. The molecule has 0 spiro atoms. The maximum atomic E-state index is 12.6. The summed E-state index contributed by atoms with van der Waals surface area (Å²) in [5.74, 6) is -0.123. The van der Waals surface area contributed by atoms with Crippen LogP contribution in [0, 0.1) is 0 Å². The number of aryl methyl sites for hydroxylation is 2. The third-order valence-corrected chi connectivity index (χ3v) is 6.38. The van der Waals surface area contributed by atoms with Crippen molar-refractivity contribution in [2.75, 3.05) is 23.3 Å². The highest BCUT2D eigenvalue weighted by atomic mass is 32.1. The minimum absolute atomic E-state index is 0.123. The lowest BCUT2D eigenvalue weighted by atomic mass is 9.90. The number of fused-ring (bicyclic) bond motifs is 1. The minimum atomic E-state index is -0.123. The van der Waals surface area contributed by atoms with Gasteiger partial charge in [0, 0.05) is 35.3 Å². The number of nitrogens with one attached hydrogen (secondary N) is 1. The first kappa shape index (κ1) is 19.6. The predicted octanol–water partition coefficient (Wildman–Crippen LogP) is 5.79. The summed E-state index contributed by atoms with van der Waals surface area (Å²) < 4.78 is 0. The van der Waals surface area contributed by atoms with Crippen molar-refractivity contribution in [3.8, 4) is 11.3 Å². The second-order valence-electron chi connectivity index (χ2n) is 7.40. The van der Waals surface area contributed by atoms with E-state index in [2.05, 4.69) is 47.2 Å². The van der Waals surface area contributed by atoms with Crippen LogP contribution in [-0.4, -0.2) is 24.0 Å². The molecule has 3 aromatic rings. The molecule has 1 aliphatic rings. The van der Waals surface area contributed by atoms with Gasteiger partial charge in [-0.25, -0.2) is 4.98 Å². The molecule has 2 aromatic carbocycles. The van der Waals surface area contributed by atoms with Crippen molar-refractivity contribution in [3.63, 3.8) is 0 Å². The molecule has 1 heterocycles. The van der Waals surface area contributed by atoms with Gasteiger partial charge >= 0.3 is 0 Å². The normalized spacial score (nSPS) is 13.0. The third kappa shape index (κ3) is 4.35. The summed E-state index contributed by atoms with van der Waals surface area (Å²) in [5, 5.41) is 5.59. The molecule has 4 rings (SSSR count). The average Bonchev–Trinajstić information content (AvgIpc) is 3.23. The number of nitrogens with zero attached hydrogens (tertiary/aromatic N) is 2. The fourth-order valence-corrected chi connectivity index (χ4v) is 4.65. The quantitative estimate of drug-likeness (QED) is 0.565. The highest BCUT2D eigenvalue weighted by Crippen LogP contribution is 2.30. The van der Waals surface area contributed by atoms with Gasteiger partial charge in [0.15, 0.2) is 5.13 Å². The van der Waals surface area contributed by atoms with Crippen LogP contribution in [-0.2, 0) is 12.8 Å². The molecule has 0 radical (unpaired) electrons. The Morgan fingerprint density at radius 3 is 2.48 bits per heavy atom. The van der Waals surface area contributed by atoms with Crippen molar-refractivity contribution in [1.82, 2.24) is 4.98 Å². The summed E-state index contributed by atoms with van der Waals surface area (Å²) in [6, 6.07) is 14.4. The lowest BCUT2D eigenvalue weighted by Gasteiger charge is -2.20. The Balaban J connectivity index is 1.45. The number of benzene rings is 2. The van der Waals surface area contributed by atoms with Gasteiger partial charge in [0.2, 0.25) is 0 Å². The number of aromatic nitrogens is 1. The number of anilines is 2. The van der Waals surface area contributed by atoms with Gasteiger partial charge in [-0.1, -0.05) is 12.1 Å². The fourth-order valence-electron chi connectivity index (χ4n) is 3.94. The van der Waals surface area contributed by atoms with E-state index in [1.807, 2.05) is 29.6 Å². The molecule has 5 heteroatoms. The van der Waals surface area contributed by atoms with E-state index in [1.54, 1.807) is 0 Å². The maximum absolute atomic E-state index is 12.6. The molecule has 1 aromatic heterocycles. The topological polar surface area (TPSA) is 45.2 Å². The molecule has 0 saturated carbocycles. The number of rotatable bonds is 6. The average molecular weight is 406 g/mol. The fraction of sp³-hybridized carbons (Fsp3) is 0.333. The third-order valence-electron chi connectivity index (χ3n) is 5.63. The van der Waals surface area contributed by atoms with Gasteiger partial charge in [-0.3, -0.25) is 10.1 Å². The van der Waals surface area contributed by atoms with Crippen LogP contribution in [0.2, 0.25) is 0 Å². The Bertz CT molecular complexity index is 990. The first-order valence-corrected chi connectivity index (χ1v) is 11.3. The monoisotopic (exact) mass is 405 g/mol. The van der Waals surface area contributed by atoms with E-state index in [0.717, 1.165) is 36.5 Å². The van der Waals surface area contributed by atoms with Gasteiger partial charge < -0.3 is 4.90 Å². The molecule has 4 nitrogen and oxygen atoms in total. The summed E-state index contributed by atoms with van der Waals surface area (Å²) >= 11 is 1.47. The van der Waals surface area contributed by atoms with Gasteiger partial charge in [-0.05, 0) is 81.0 Å². The molecule has 1 amide bonds. The van der Waals surface area contributed by atoms with E-state index in [-0.39, 0.29) is 5.91 Å². The first-order chi connectivity index (χ1) is 14.2. The summed E-state index contributed by atoms with van der Waals surface area (Å²) in [4.78, 5) is 19.5. The van der Waals surface area contributed by atoms with Gasteiger partial charge in [0.1, 0.15) is 0 Å². The largest absolute Gasteiger partial charge is 0.372 e. The Morgan fingerprint density at radius 2 is 1.76 bits per heavy atom. The van der Waals surface area contributed by atoms with Gasteiger partial charge in [0.05, 0.1) is 5.69 Å². The van der Waals surface area contributed by atoms with E-state index in [1.165, 1.54) is 41.7 Å². The van der Waals surface area contributed by atoms with Crippen LogP contribution in [0.25, 0.3) is 11.3 Å². The summed E-state index contributed by atoms with van der Waals surface area (Å²) in [6.45, 7) is 6.17. The number of thiazole rings is 1. The zero-order chi connectivity index (χ0) is 20.2. The molecular weight excluding hydrogens is 378 g/mol. The van der Waals surface area contributed by atoms with Crippen molar-refractivity contribution in [1.29, 1.82) is 0 Å². The molecule has 0 bridgehead atoms. The zero-order valence-electron chi connectivity index (χ0n) is 17.1. The Hall–Kier alpha value is -2.66. The Labute approximate surface area is 176 Å². The zero-order valence-corrected chi connectivity index (χ0v) is 17.9. The molecule has 0 atom stereocenters. The van der Waals surface area contributed by atoms with Gasteiger partial charge in [-0.2, -0.15) is 0 Å². The van der Waals surface area contributed by atoms with Gasteiger partial charge in [0.25, 0.3) is 5.91 Å². The molecule has 150 valence electrons. The lowest BCUT2D eigenvalue weighted by molar-refractivity contribution is 0.102. The van der Waals surface area contributed by atoms with E-state index < -0.39 is 0 Å². The highest BCUT2D eigenvalue weighted by molar-refractivity contribution is 7.14. The van der Waals surface area contributed by atoms with Crippen molar-refractivity contribution in [3.05, 3.63) is 64.5 Å². The van der Waals surface area contributed by atoms with Crippen molar-refractivity contribution in [2.45, 2.75) is 39.5 Å². The smallest absolute Gasteiger partial charge is 0.257 e. The number of carbonyl (C=O) groups is 1. The molecular formula is C24H27N3OS. The molecule has 0 unspecified atom stereocenters. The summed E-state index contributed by atoms with van der Waals surface area (Å²) in [6.07, 6.45) is 4.89. The van der Waals surface area contributed by atoms with Crippen LogP contribution in [0.3, 0.4) is 0 Å². The summed E-state index contributed by atoms with van der Waals surface area (Å²) in [5.41, 5.74) is 6.75. The maximum Gasteiger partial charge on any atom is 0.257 e. The second-order valence-corrected chi connectivity index (χ2v) is 8.26. The molecule has 1 aliphatic carbocycles. The number of amides is 1. The van der Waals surface area contributed by atoms with Crippen LogP contribution in [0.15, 0.2) is 47.8 Å². The Kier molecular flexibility index (Phi) is 5.95. The van der Waals surface area contributed by atoms with Gasteiger partial charge in [-0.15, -0.1) is 11.3 Å². The van der Waals surface area contributed by atoms with E-state index in [0.29, 0.717) is 10.7 Å². The van der Waals surface area contributed by atoms with Crippen LogP contribution in [0.5, 0.6) is 0 Å². The molecule has 0 saturated heterocycles. The van der Waals surface area contributed by atoms with Crippen LogP contribution >= 0.6 is 11.3 Å². The standard InChI is InChI=1S/C24H27N3OS/c1-3-27(4-2)21-13-11-18(12-14-21)23(28)26-24-25-22(16-29-24)20-10-9-17-7-5-6-8-19(17)15-20/h9-16H,3-8H2,1-2H3,(H,25,26,28). The lowest BCUT2D eigenvalue weighted by Crippen LogP contribution is -2.21. The van der Waals surface area contributed by atoms with Crippen molar-refractivity contribution in [2.24, 2.45) is 0 Å². The van der Waals surface area contributed by atoms with E-state index in [4.69, 9.17) is 0 Å². The number of hydrogen-bond donors (Lipinski definition) is 1. The Morgan fingerprint density at radius 1 is 1.03 bits per heavy atom. The van der Waals surface area contributed by atoms with E-state index >= 15 is 0 Å². The molecule has 29 heavy (non-hydrogen) atoms. The SMILES string of the molecule is CCN(CC)c1ccc(C(=O)Nc2nc(-c3ccc4c(c3)CCCC4)cs2)cc1. The molecule has 1 N–H and O–H groups in total. The van der Waals surface area contributed by atoms with E-state index in [9.17, 15) is 4.79 Å².